The molecule has 15 heteroatoms. The van der Waals surface area contributed by atoms with Crippen molar-refractivity contribution in [1.29, 1.82) is 0 Å². The van der Waals surface area contributed by atoms with Crippen LogP contribution in [0.3, 0.4) is 0 Å². The van der Waals surface area contributed by atoms with E-state index in [0.29, 0.717) is 5.75 Å². The van der Waals surface area contributed by atoms with Gasteiger partial charge in [0, 0.05) is 5.56 Å². The van der Waals surface area contributed by atoms with Crippen molar-refractivity contribution in [2.75, 3.05) is 13.2 Å². The van der Waals surface area contributed by atoms with E-state index in [2.05, 4.69) is 30.9 Å². The molecular formula is C23H19F3N8O4. The molecule has 2 aromatic heterocycles. The fourth-order valence-corrected chi connectivity index (χ4v) is 4.45. The second-order valence-corrected chi connectivity index (χ2v) is 8.66. The number of tetrazole rings is 1. The summed E-state index contributed by atoms with van der Waals surface area (Å²) >= 11 is 0. The lowest BCUT2D eigenvalue weighted by atomic mass is 10.1. The van der Waals surface area contributed by atoms with Gasteiger partial charge in [-0.25, -0.2) is 9.67 Å². The van der Waals surface area contributed by atoms with Crippen molar-refractivity contribution in [2.24, 2.45) is 0 Å². The normalized spacial score (nSPS) is 22.8. The van der Waals surface area contributed by atoms with Gasteiger partial charge in [0.2, 0.25) is 0 Å². The number of benzene rings is 2. The number of halogens is 3. The standard InChI is InChI=1S/C23H19F3N8O4/c24-23(25,26)14-3-1-13(2-4-14)21(35)29-17-9-36-20-18(10-37-19(17)20)34-22(30-31-32-34)38-16-7-5-15(6-8-16)33-12-27-11-28-33/h1-8,11-12,17-20H,9-10H2,(H,29,35). The predicted octanol–water partition coefficient (Wildman–Crippen LogP) is 2.20. The molecule has 2 aliphatic heterocycles. The number of aromatic nitrogens is 7. The molecule has 6 rings (SSSR count). The van der Waals surface area contributed by atoms with Crippen molar-refractivity contribution in [3.05, 3.63) is 72.3 Å². The molecule has 0 saturated carbocycles. The Hall–Kier alpha value is -4.37. The molecule has 4 unspecified atom stereocenters. The van der Waals surface area contributed by atoms with Crippen LogP contribution in [0.4, 0.5) is 13.2 Å². The maximum Gasteiger partial charge on any atom is 0.416 e. The first-order chi connectivity index (χ1) is 18.4. The van der Waals surface area contributed by atoms with E-state index in [4.69, 9.17) is 14.2 Å². The van der Waals surface area contributed by atoms with E-state index in [-0.39, 0.29) is 24.8 Å². The van der Waals surface area contributed by atoms with Crippen LogP contribution in [-0.4, -0.2) is 72.3 Å². The van der Waals surface area contributed by atoms with Gasteiger partial charge < -0.3 is 19.5 Å². The largest absolute Gasteiger partial charge is 0.423 e. The van der Waals surface area contributed by atoms with Crippen molar-refractivity contribution in [3.63, 3.8) is 0 Å². The molecule has 2 aromatic carbocycles. The quantitative estimate of drug-likeness (QED) is 0.400. The number of nitrogens with zero attached hydrogens (tertiary/aromatic N) is 7. The molecule has 4 atom stereocenters. The zero-order chi connectivity index (χ0) is 26.3. The maximum absolute atomic E-state index is 12.8. The van der Waals surface area contributed by atoms with Crippen LogP contribution < -0.4 is 10.1 Å². The van der Waals surface area contributed by atoms with Crippen molar-refractivity contribution in [3.8, 4) is 17.4 Å². The molecule has 2 aliphatic rings. The first-order valence-electron chi connectivity index (χ1n) is 11.5. The van der Waals surface area contributed by atoms with Gasteiger partial charge in [-0.2, -0.15) is 23.0 Å². The summed E-state index contributed by atoms with van der Waals surface area (Å²) in [6.07, 6.45) is -2.45. The summed E-state index contributed by atoms with van der Waals surface area (Å²) in [6.45, 7) is 0.356. The van der Waals surface area contributed by atoms with Crippen molar-refractivity contribution >= 4 is 5.91 Å². The summed E-state index contributed by atoms with van der Waals surface area (Å²) in [5.74, 6) is -0.0322. The fraction of sp³-hybridized carbons (Fsp3) is 0.304. The molecule has 0 spiro atoms. The number of ether oxygens (including phenoxy) is 3. The number of hydrogen-bond donors (Lipinski definition) is 1. The number of alkyl halides is 3. The van der Waals surface area contributed by atoms with E-state index in [0.717, 1.165) is 30.0 Å². The number of carbonyl (C=O) groups is 1. The lowest BCUT2D eigenvalue weighted by Gasteiger charge is -2.18. The predicted molar refractivity (Wildman–Crippen MR) is 120 cm³/mol. The molecule has 1 N–H and O–H groups in total. The molecule has 2 fully saturated rings. The minimum absolute atomic E-state index is 0.0991. The van der Waals surface area contributed by atoms with Gasteiger partial charge in [0.25, 0.3) is 5.91 Å². The Kier molecular flexibility index (Phi) is 6.00. The fourth-order valence-electron chi connectivity index (χ4n) is 4.45. The van der Waals surface area contributed by atoms with Gasteiger partial charge in [-0.05, 0) is 59.0 Å². The minimum Gasteiger partial charge on any atom is -0.423 e. The maximum atomic E-state index is 12.8. The summed E-state index contributed by atoms with van der Waals surface area (Å²) in [7, 11) is 0. The van der Waals surface area contributed by atoms with Crippen molar-refractivity contribution in [1.82, 2.24) is 40.3 Å². The Balaban J connectivity index is 1.11. The Morgan fingerprint density at radius 2 is 1.79 bits per heavy atom. The summed E-state index contributed by atoms with van der Waals surface area (Å²) in [5, 5.41) is 18.6. The van der Waals surface area contributed by atoms with Gasteiger partial charge in [-0.1, -0.05) is 5.10 Å². The number of nitrogens with one attached hydrogen (secondary N) is 1. The summed E-state index contributed by atoms with van der Waals surface area (Å²) < 4.78 is 59.2. The Bertz CT molecular complexity index is 1410. The molecule has 0 aliphatic carbocycles. The summed E-state index contributed by atoms with van der Waals surface area (Å²) in [6, 6.07) is 10.3. The van der Waals surface area contributed by atoms with Crippen LogP contribution in [0.15, 0.2) is 61.2 Å². The first-order valence-corrected chi connectivity index (χ1v) is 11.5. The zero-order valence-electron chi connectivity index (χ0n) is 19.4. The molecule has 2 saturated heterocycles. The van der Waals surface area contributed by atoms with Crippen molar-refractivity contribution < 1.29 is 32.2 Å². The second kappa shape index (κ2) is 9.50. The van der Waals surface area contributed by atoms with E-state index in [9.17, 15) is 18.0 Å². The number of fused-ring (bicyclic) bond motifs is 1. The second-order valence-electron chi connectivity index (χ2n) is 8.66. The molecule has 196 valence electrons. The zero-order valence-corrected chi connectivity index (χ0v) is 19.4. The van der Waals surface area contributed by atoms with E-state index in [1.165, 1.54) is 11.0 Å². The lowest BCUT2D eigenvalue weighted by molar-refractivity contribution is -0.137. The number of carbonyl (C=O) groups excluding carboxylic acids is 1. The molecule has 4 aromatic rings. The molecule has 0 bridgehead atoms. The first kappa shape index (κ1) is 24.0. The molecule has 38 heavy (non-hydrogen) atoms. The Morgan fingerprint density at radius 1 is 1.03 bits per heavy atom. The average molecular weight is 528 g/mol. The topological polar surface area (TPSA) is 131 Å². The van der Waals surface area contributed by atoms with Crippen LogP contribution in [0.5, 0.6) is 11.8 Å². The van der Waals surface area contributed by atoms with Crippen molar-refractivity contribution in [2.45, 2.75) is 30.5 Å². The molecule has 4 heterocycles. The molecule has 0 radical (unpaired) electrons. The van der Waals surface area contributed by atoms with Gasteiger partial charge >= 0.3 is 12.2 Å². The van der Waals surface area contributed by atoms with Gasteiger partial charge in [0.15, 0.2) is 0 Å². The highest BCUT2D eigenvalue weighted by Crippen LogP contribution is 2.36. The highest BCUT2D eigenvalue weighted by atomic mass is 19.4. The monoisotopic (exact) mass is 528 g/mol. The third-order valence-corrected chi connectivity index (χ3v) is 6.32. The number of rotatable bonds is 6. The minimum atomic E-state index is -4.48. The van der Waals surface area contributed by atoms with Crippen LogP contribution >= 0.6 is 0 Å². The average Bonchev–Trinajstić information content (AvgIpc) is 3.71. The molecule has 12 nitrogen and oxygen atoms in total. The van der Waals surface area contributed by atoms with E-state index in [1.54, 1.807) is 35.3 Å². The smallest absolute Gasteiger partial charge is 0.416 e. The third kappa shape index (κ3) is 4.56. The number of amides is 1. The Labute approximate surface area is 212 Å². The third-order valence-electron chi connectivity index (χ3n) is 6.32. The SMILES string of the molecule is O=C(NC1COC2C1OCC2n1nnnc1Oc1ccc(-n2cncn2)cc1)c1ccc(C(F)(F)F)cc1. The summed E-state index contributed by atoms with van der Waals surface area (Å²) in [5.41, 5.74) is 0.0677. The van der Waals surface area contributed by atoms with E-state index >= 15 is 0 Å². The Morgan fingerprint density at radius 3 is 2.50 bits per heavy atom. The van der Waals surface area contributed by atoms with Crippen LogP contribution in [-0.2, 0) is 15.7 Å². The van der Waals surface area contributed by atoms with Crippen LogP contribution in [0.2, 0.25) is 0 Å². The van der Waals surface area contributed by atoms with Gasteiger partial charge in [0.05, 0.1) is 30.5 Å². The molecular weight excluding hydrogens is 509 g/mol. The van der Waals surface area contributed by atoms with E-state index < -0.39 is 41.9 Å². The highest BCUT2D eigenvalue weighted by Gasteiger charge is 2.50. The molecule has 1 amide bonds. The van der Waals surface area contributed by atoms with Crippen LogP contribution in [0.25, 0.3) is 5.69 Å². The lowest BCUT2D eigenvalue weighted by Crippen LogP contribution is -2.44. The number of hydrogen-bond acceptors (Lipinski definition) is 9. The summed E-state index contributed by atoms with van der Waals surface area (Å²) in [4.78, 5) is 16.6. The van der Waals surface area contributed by atoms with Gasteiger partial charge in [-0.3, -0.25) is 4.79 Å². The highest BCUT2D eigenvalue weighted by molar-refractivity contribution is 5.94. The van der Waals surface area contributed by atoms with E-state index in [1.807, 2.05) is 0 Å². The van der Waals surface area contributed by atoms with Crippen LogP contribution in [0, 0.1) is 0 Å². The van der Waals surface area contributed by atoms with Crippen LogP contribution in [0.1, 0.15) is 22.0 Å². The van der Waals surface area contributed by atoms with Gasteiger partial charge in [0.1, 0.15) is 36.7 Å². The van der Waals surface area contributed by atoms with Gasteiger partial charge in [-0.15, -0.1) is 0 Å².